The van der Waals surface area contributed by atoms with Crippen LogP contribution in [0.2, 0.25) is 20.1 Å². The van der Waals surface area contributed by atoms with Gasteiger partial charge in [-0.2, -0.15) is 0 Å². The molecule has 6 aliphatic heterocycles. The van der Waals surface area contributed by atoms with Gasteiger partial charge in [-0.15, -0.1) is 0 Å². The third-order valence-corrected chi connectivity index (χ3v) is 17.0. The number of carboxylic acid groups (broad SMARTS) is 1. The monoisotopic (exact) mass is 1070 g/mol. The zero-order valence-electron chi connectivity index (χ0n) is 41.4. The standard InChI is InChI=1S/C27H30Cl2N4OS.C22H20Cl2N2O2S.C5H12N2/c1-17(2)22-23(25(34)32-15-13-31(4)14-16-32)35-26-30-27(3,19-7-11-21(29)12-8-19)24(33(22)26)18-5-9-20(28)10-6-18;1-12(2)17-18(20(27)28)29-21-25-22(3,14-6-10-16(24)11-7-14)19(26(17)21)13-4-8-15(23)9-5-13;1-7-4-2-6-3-5-7/h5-12,17,24H,13-16H2,1-4H3;4-12,19H,1-3H3,(H,27,28);6H,2-5H2,1H3/t24-,27+;19-,22+;/m11./s1. The fraction of sp³-hybridized carbons (Fsp3) is 0.407. The third kappa shape index (κ3) is 11.1. The summed E-state index contributed by atoms with van der Waals surface area (Å²) in [6.07, 6.45) is 0. The first-order chi connectivity index (χ1) is 33.8. The van der Waals surface area contributed by atoms with E-state index in [-0.39, 0.29) is 29.8 Å². The minimum absolute atomic E-state index is 0.0312. The quantitative estimate of drug-likeness (QED) is 0.177. The molecule has 0 bridgehead atoms. The van der Waals surface area contributed by atoms with Crippen LogP contribution < -0.4 is 5.32 Å². The number of hydrogen-bond acceptors (Lipinski definition) is 11. The highest BCUT2D eigenvalue weighted by molar-refractivity contribution is 8.18. The molecule has 4 aromatic carbocycles. The molecule has 2 fully saturated rings. The van der Waals surface area contributed by atoms with E-state index in [1.165, 1.54) is 36.6 Å². The molecule has 4 aromatic rings. The smallest absolute Gasteiger partial charge is 0.344 e. The van der Waals surface area contributed by atoms with E-state index in [1.54, 1.807) is 0 Å². The summed E-state index contributed by atoms with van der Waals surface area (Å²) in [6, 6.07) is 31.0. The molecule has 6 aliphatic rings. The number of amides is 1. The molecule has 0 radical (unpaired) electrons. The molecule has 0 spiro atoms. The fourth-order valence-corrected chi connectivity index (χ4v) is 13.2. The van der Waals surface area contributed by atoms with Crippen LogP contribution in [0, 0.1) is 11.8 Å². The van der Waals surface area contributed by atoms with Gasteiger partial charge in [0.2, 0.25) is 0 Å². The van der Waals surface area contributed by atoms with E-state index in [0.717, 1.165) is 83.0 Å². The molecule has 2 N–H and O–H groups in total. The highest BCUT2D eigenvalue weighted by Crippen LogP contribution is 2.58. The summed E-state index contributed by atoms with van der Waals surface area (Å²) >= 11 is 27.5. The van der Waals surface area contributed by atoms with Crippen LogP contribution in [0.4, 0.5) is 0 Å². The zero-order valence-corrected chi connectivity index (χ0v) is 46.1. The van der Waals surface area contributed by atoms with Crippen molar-refractivity contribution in [2.45, 2.75) is 64.7 Å². The predicted octanol–water partition coefficient (Wildman–Crippen LogP) is 11.9. The summed E-state index contributed by atoms with van der Waals surface area (Å²) in [7, 11) is 4.25. The molecule has 0 aromatic heterocycles. The molecular weight excluding hydrogens is 1010 g/mol. The van der Waals surface area contributed by atoms with Crippen LogP contribution in [0.15, 0.2) is 128 Å². The summed E-state index contributed by atoms with van der Waals surface area (Å²) in [5.41, 5.74) is 4.92. The lowest BCUT2D eigenvalue weighted by Gasteiger charge is -2.37. The number of allylic oxidation sites excluding steroid dienone is 2. The maximum absolute atomic E-state index is 13.7. The van der Waals surface area contributed by atoms with Gasteiger partial charge in [-0.05, 0) is 134 Å². The number of nitrogens with one attached hydrogen (secondary N) is 1. The van der Waals surface area contributed by atoms with Gasteiger partial charge in [0.1, 0.15) is 20.9 Å². The number of thioether (sulfide) groups is 2. The maximum Gasteiger partial charge on any atom is 0.344 e. The number of nitrogens with zero attached hydrogens (tertiary/aromatic N) is 7. The number of carbonyl (C=O) groups is 2. The Balaban J connectivity index is 0.000000169. The number of piperazine rings is 2. The van der Waals surface area contributed by atoms with Gasteiger partial charge in [0.05, 0.1) is 12.1 Å². The van der Waals surface area contributed by atoms with Gasteiger partial charge in [0.25, 0.3) is 5.91 Å². The van der Waals surface area contributed by atoms with E-state index in [9.17, 15) is 14.7 Å². The van der Waals surface area contributed by atoms with Gasteiger partial charge in [0.15, 0.2) is 10.3 Å². The van der Waals surface area contributed by atoms with Crippen molar-refractivity contribution < 1.29 is 14.7 Å². The number of aliphatic carboxylic acids is 1. The maximum atomic E-state index is 13.7. The number of benzene rings is 4. The van der Waals surface area contributed by atoms with Crippen LogP contribution in [0.25, 0.3) is 0 Å². The van der Waals surface area contributed by atoms with Crippen LogP contribution in [-0.2, 0) is 20.7 Å². The third-order valence-electron chi connectivity index (χ3n) is 13.9. The topological polar surface area (TPSA) is 107 Å². The van der Waals surface area contributed by atoms with E-state index >= 15 is 0 Å². The molecule has 2 saturated heterocycles. The first-order valence-electron chi connectivity index (χ1n) is 24.1. The number of likely N-dealkylation sites (N-methyl/N-ethyl adjacent to an activating group) is 2. The lowest BCUT2D eigenvalue weighted by atomic mass is 9.81. The Kier molecular flexibility index (Phi) is 16.7. The van der Waals surface area contributed by atoms with Gasteiger partial charge in [-0.25, -0.2) is 14.8 Å². The van der Waals surface area contributed by atoms with E-state index in [0.29, 0.717) is 30.2 Å². The number of rotatable bonds is 8. The van der Waals surface area contributed by atoms with Crippen molar-refractivity contribution in [3.63, 3.8) is 0 Å². The first-order valence-corrected chi connectivity index (χ1v) is 27.2. The molecule has 0 aliphatic carbocycles. The first kappa shape index (κ1) is 53.3. The Hall–Kier alpha value is -4.02. The zero-order chi connectivity index (χ0) is 50.9. The molecule has 17 heteroatoms. The van der Waals surface area contributed by atoms with E-state index < -0.39 is 17.0 Å². The molecule has 71 heavy (non-hydrogen) atoms. The van der Waals surface area contributed by atoms with Crippen LogP contribution in [0.3, 0.4) is 0 Å². The molecule has 1 amide bonds. The average Bonchev–Trinajstić information content (AvgIpc) is 4.06. The Morgan fingerprint density at radius 3 is 1.28 bits per heavy atom. The Morgan fingerprint density at radius 2 is 0.930 bits per heavy atom. The van der Waals surface area contributed by atoms with Crippen LogP contribution in [0.5, 0.6) is 0 Å². The lowest BCUT2D eigenvalue weighted by molar-refractivity contribution is -0.132. The van der Waals surface area contributed by atoms with Crippen molar-refractivity contribution in [2.24, 2.45) is 21.8 Å². The highest BCUT2D eigenvalue weighted by Gasteiger charge is 2.55. The number of hydrogen-bond donors (Lipinski definition) is 2. The second-order valence-electron chi connectivity index (χ2n) is 19.6. The van der Waals surface area contributed by atoms with E-state index in [4.69, 9.17) is 56.4 Å². The molecule has 6 heterocycles. The van der Waals surface area contributed by atoms with Crippen molar-refractivity contribution in [3.05, 3.63) is 161 Å². The summed E-state index contributed by atoms with van der Waals surface area (Å²) in [6.45, 7) is 20.6. The van der Waals surface area contributed by atoms with Crippen molar-refractivity contribution in [1.82, 2.24) is 29.8 Å². The van der Waals surface area contributed by atoms with Gasteiger partial charge in [0, 0.05) is 83.8 Å². The molecule has 0 unspecified atom stereocenters. The number of aliphatic imine (C=N–C) groups is 2. The lowest BCUT2D eigenvalue weighted by Crippen LogP contribution is -2.47. The van der Waals surface area contributed by atoms with Gasteiger partial charge in [-0.1, -0.05) is 123 Å². The van der Waals surface area contributed by atoms with Crippen molar-refractivity contribution in [1.29, 1.82) is 0 Å². The predicted molar refractivity (Wildman–Crippen MR) is 296 cm³/mol. The Labute approximate surface area is 447 Å². The minimum atomic E-state index is -0.918. The van der Waals surface area contributed by atoms with Crippen LogP contribution >= 0.6 is 69.9 Å². The normalized spacial score (nSPS) is 24.4. The highest BCUT2D eigenvalue weighted by atomic mass is 35.5. The fourth-order valence-electron chi connectivity index (χ4n) is 10.1. The molecule has 4 atom stereocenters. The summed E-state index contributed by atoms with van der Waals surface area (Å²) in [5, 5.41) is 17.3. The second kappa shape index (κ2) is 22.2. The molecule has 11 nitrogen and oxygen atoms in total. The SMILES string of the molecule is CC(C)C1=C(C(=O)N2CCN(C)CC2)SC2=N[C@@](C)(c3ccc(Cl)cc3)[C@@H](c3ccc(Cl)cc3)N21.CC(C)C1=C(C(=O)O)SC2=N[C@@](C)(c3ccc(Cl)cc3)[C@@H](c3ccc(Cl)cc3)N21.CN1CCNCC1. The van der Waals surface area contributed by atoms with E-state index in [1.807, 2.05) is 91.5 Å². The summed E-state index contributed by atoms with van der Waals surface area (Å²) < 4.78 is 0. The number of carbonyl (C=O) groups excluding carboxylic acids is 1. The number of fused-ring (bicyclic) bond motifs is 2. The Morgan fingerprint density at radius 1 is 0.577 bits per heavy atom. The molecule has 376 valence electrons. The number of halogens is 4. The molecular formula is C54H62Cl4N8O3S2. The van der Waals surface area contributed by atoms with Crippen molar-refractivity contribution in [2.75, 3.05) is 66.5 Å². The number of carboxylic acids is 1. The van der Waals surface area contributed by atoms with Gasteiger partial charge < -0.3 is 34.9 Å². The largest absolute Gasteiger partial charge is 0.477 e. The summed E-state index contributed by atoms with van der Waals surface area (Å²) in [5.74, 6) is -0.613. The number of amidine groups is 2. The second-order valence-corrected chi connectivity index (χ2v) is 23.3. The van der Waals surface area contributed by atoms with Gasteiger partial charge in [-0.3, -0.25) is 4.79 Å². The van der Waals surface area contributed by atoms with Gasteiger partial charge >= 0.3 is 5.97 Å². The van der Waals surface area contributed by atoms with Crippen molar-refractivity contribution in [3.8, 4) is 0 Å². The Bertz CT molecular complexity index is 2720. The van der Waals surface area contributed by atoms with E-state index in [2.05, 4.69) is 91.0 Å². The minimum Gasteiger partial charge on any atom is -0.477 e. The van der Waals surface area contributed by atoms with Crippen molar-refractivity contribution >= 4 is 92.1 Å². The average molecular weight is 1080 g/mol. The molecule has 0 saturated carbocycles. The summed E-state index contributed by atoms with van der Waals surface area (Å²) in [4.78, 5) is 48.1. The van der Waals surface area contributed by atoms with Crippen LogP contribution in [-0.4, -0.2) is 118 Å². The van der Waals surface area contributed by atoms with Crippen LogP contribution in [0.1, 0.15) is 75.9 Å². The molecule has 10 rings (SSSR count).